The molecule has 0 bridgehead atoms. The van der Waals surface area contributed by atoms with Crippen LogP contribution < -0.4 is 10.1 Å². The van der Waals surface area contributed by atoms with E-state index in [1.54, 1.807) is 6.07 Å². The SMILES string of the molecule is CN1CCC(NC(=O)C2(Cc3ccc(-c4cc(F)ccc4OCc4ccccc4)cc3)CCOCC2)CC1. The zero-order valence-electron chi connectivity index (χ0n) is 22.1. The fraction of sp³-hybridized carbons (Fsp3) is 0.406. The van der Waals surface area contributed by atoms with E-state index >= 15 is 0 Å². The molecule has 5 nitrogen and oxygen atoms in total. The van der Waals surface area contributed by atoms with Gasteiger partial charge >= 0.3 is 0 Å². The highest BCUT2D eigenvalue weighted by atomic mass is 19.1. The van der Waals surface area contributed by atoms with E-state index < -0.39 is 5.41 Å². The van der Waals surface area contributed by atoms with Gasteiger partial charge in [0.25, 0.3) is 0 Å². The minimum Gasteiger partial charge on any atom is -0.488 e. The average Bonchev–Trinajstić information content (AvgIpc) is 2.95. The van der Waals surface area contributed by atoms with E-state index in [-0.39, 0.29) is 17.8 Å². The van der Waals surface area contributed by atoms with E-state index in [0.29, 0.717) is 50.4 Å². The van der Waals surface area contributed by atoms with Crippen LogP contribution in [0.1, 0.15) is 36.8 Å². The quantitative estimate of drug-likeness (QED) is 0.422. The Labute approximate surface area is 225 Å². The van der Waals surface area contributed by atoms with Crippen molar-refractivity contribution in [2.45, 2.75) is 44.8 Å². The summed E-state index contributed by atoms with van der Waals surface area (Å²) in [7, 11) is 2.13. The van der Waals surface area contributed by atoms with Gasteiger partial charge in [0.05, 0.1) is 5.41 Å². The summed E-state index contributed by atoms with van der Waals surface area (Å²) in [6.07, 6.45) is 4.08. The number of amides is 1. The van der Waals surface area contributed by atoms with E-state index in [1.165, 1.54) is 12.1 Å². The van der Waals surface area contributed by atoms with Crippen molar-refractivity contribution in [3.63, 3.8) is 0 Å². The predicted molar refractivity (Wildman–Crippen MR) is 147 cm³/mol. The fourth-order valence-electron chi connectivity index (χ4n) is 5.52. The van der Waals surface area contributed by atoms with Crippen molar-refractivity contribution in [2.24, 2.45) is 5.41 Å². The van der Waals surface area contributed by atoms with E-state index in [4.69, 9.17) is 9.47 Å². The third-order valence-electron chi connectivity index (χ3n) is 7.97. The maximum atomic E-state index is 14.2. The van der Waals surface area contributed by atoms with E-state index in [9.17, 15) is 9.18 Å². The highest BCUT2D eigenvalue weighted by Gasteiger charge is 2.41. The van der Waals surface area contributed by atoms with Crippen molar-refractivity contribution in [1.29, 1.82) is 0 Å². The number of hydrogen-bond acceptors (Lipinski definition) is 4. The van der Waals surface area contributed by atoms with Crippen LogP contribution in [0.15, 0.2) is 72.8 Å². The molecule has 3 aromatic carbocycles. The molecule has 0 aromatic heterocycles. The molecule has 200 valence electrons. The topological polar surface area (TPSA) is 50.8 Å². The zero-order valence-corrected chi connectivity index (χ0v) is 22.1. The number of carbonyl (C=O) groups is 1. The number of hydrogen-bond donors (Lipinski definition) is 1. The van der Waals surface area contributed by atoms with Crippen LogP contribution in [-0.4, -0.2) is 50.2 Å². The van der Waals surface area contributed by atoms with Gasteiger partial charge in [0.2, 0.25) is 5.91 Å². The van der Waals surface area contributed by atoms with Crippen molar-refractivity contribution in [1.82, 2.24) is 10.2 Å². The first-order chi connectivity index (χ1) is 18.5. The summed E-state index contributed by atoms with van der Waals surface area (Å²) in [5.41, 5.74) is 3.28. The maximum Gasteiger partial charge on any atom is 0.226 e. The normalized spacial score (nSPS) is 18.2. The summed E-state index contributed by atoms with van der Waals surface area (Å²) >= 11 is 0. The second-order valence-corrected chi connectivity index (χ2v) is 10.7. The lowest BCUT2D eigenvalue weighted by Crippen LogP contribution is -2.51. The molecular weight excluding hydrogens is 479 g/mol. The van der Waals surface area contributed by atoms with Gasteiger partial charge in [0.1, 0.15) is 18.2 Å². The van der Waals surface area contributed by atoms with Crippen molar-refractivity contribution >= 4 is 5.91 Å². The van der Waals surface area contributed by atoms with Crippen molar-refractivity contribution in [3.8, 4) is 16.9 Å². The molecule has 0 spiro atoms. The number of likely N-dealkylation sites (tertiary alicyclic amines) is 1. The minimum atomic E-state index is -0.466. The molecule has 38 heavy (non-hydrogen) atoms. The molecular formula is C32H37FN2O3. The molecule has 5 rings (SSSR count). The Bertz CT molecular complexity index is 1200. The number of benzene rings is 3. The Hall–Kier alpha value is -3.22. The van der Waals surface area contributed by atoms with Crippen molar-refractivity contribution in [3.05, 3.63) is 89.7 Å². The number of piperidine rings is 1. The van der Waals surface area contributed by atoms with Crippen LogP contribution in [0.2, 0.25) is 0 Å². The van der Waals surface area contributed by atoms with E-state index in [2.05, 4.69) is 29.4 Å². The molecule has 0 saturated carbocycles. The number of halogens is 1. The highest BCUT2D eigenvalue weighted by Crippen LogP contribution is 2.37. The van der Waals surface area contributed by atoms with Gasteiger partial charge in [-0.25, -0.2) is 4.39 Å². The Morgan fingerprint density at radius 2 is 1.71 bits per heavy atom. The van der Waals surface area contributed by atoms with Gasteiger partial charge < -0.3 is 19.7 Å². The maximum absolute atomic E-state index is 14.2. The molecule has 2 heterocycles. The van der Waals surface area contributed by atoms with Crippen molar-refractivity contribution < 1.29 is 18.7 Å². The molecule has 0 unspecified atom stereocenters. The Kier molecular flexibility index (Phi) is 8.40. The standard InChI is InChI=1S/C32H37FN2O3/c1-35-17-13-28(14-18-35)34-31(36)32(15-19-37-20-16-32)22-24-7-9-26(10-8-24)29-21-27(33)11-12-30(29)38-23-25-5-3-2-4-6-25/h2-12,21,28H,13-20,22-23H2,1H3,(H,34,36). The van der Waals surface area contributed by atoms with Crippen LogP contribution in [0.25, 0.3) is 11.1 Å². The molecule has 2 aliphatic rings. The molecule has 3 aromatic rings. The first kappa shape index (κ1) is 26.4. The number of nitrogens with one attached hydrogen (secondary N) is 1. The fourth-order valence-corrected chi connectivity index (χ4v) is 5.52. The van der Waals surface area contributed by atoms with Gasteiger partial charge in [-0.3, -0.25) is 4.79 Å². The Morgan fingerprint density at radius 1 is 1.00 bits per heavy atom. The van der Waals surface area contributed by atoms with Gasteiger partial charge in [-0.2, -0.15) is 0 Å². The van der Waals surface area contributed by atoms with Crippen LogP contribution >= 0.6 is 0 Å². The van der Waals surface area contributed by atoms with Crippen molar-refractivity contribution in [2.75, 3.05) is 33.4 Å². The summed E-state index contributed by atoms with van der Waals surface area (Å²) in [6.45, 7) is 3.64. The van der Waals surface area contributed by atoms with E-state index in [1.807, 2.05) is 42.5 Å². The molecule has 0 atom stereocenters. The lowest BCUT2D eigenvalue weighted by Gasteiger charge is -2.38. The molecule has 1 amide bonds. The smallest absolute Gasteiger partial charge is 0.226 e. The molecule has 0 radical (unpaired) electrons. The second kappa shape index (κ2) is 12.1. The first-order valence-corrected chi connectivity index (χ1v) is 13.6. The average molecular weight is 517 g/mol. The van der Waals surface area contributed by atoms with Gasteiger partial charge in [0.15, 0.2) is 0 Å². The van der Waals surface area contributed by atoms with E-state index in [0.717, 1.165) is 42.6 Å². The zero-order chi connectivity index (χ0) is 26.4. The third kappa shape index (κ3) is 6.43. The molecule has 2 fully saturated rings. The highest BCUT2D eigenvalue weighted by molar-refractivity contribution is 5.83. The monoisotopic (exact) mass is 516 g/mol. The second-order valence-electron chi connectivity index (χ2n) is 10.7. The lowest BCUT2D eigenvalue weighted by atomic mass is 9.74. The largest absolute Gasteiger partial charge is 0.488 e. The number of nitrogens with zero attached hydrogens (tertiary/aromatic N) is 1. The summed E-state index contributed by atoms with van der Waals surface area (Å²) in [4.78, 5) is 15.9. The molecule has 6 heteroatoms. The van der Waals surface area contributed by atoms with Gasteiger partial charge in [-0.1, -0.05) is 54.6 Å². The molecule has 1 N–H and O–H groups in total. The minimum absolute atomic E-state index is 0.154. The lowest BCUT2D eigenvalue weighted by molar-refractivity contribution is -0.137. The Morgan fingerprint density at radius 3 is 2.42 bits per heavy atom. The Balaban J connectivity index is 1.31. The summed E-state index contributed by atoms with van der Waals surface area (Å²) < 4.78 is 25.9. The molecule has 2 saturated heterocycles. The molecule has 0 aliphatic carbocycles. The summed E-state index contributed by atoms with van der Waals surface area (Å²) in [6, 6.07) is 22.9. The summed E-state index contributed by atoms with van der Waals surface area (Å²) in [5, 5.41) is 3.37. The predicted octanol–water partition coefficient (Wildman–Crippen LogP) is 5.62. The van der Waals surface area contributed by atoms with Gasteiger partial charge in [-0.05, 0) is 87.1 Å². The van der Waals surface area contributed by atoms with Crippen LogP contribution in [0.3, 0.4) is 0 Å². The van der Waals surface area contributed by atoms with Gasteiger partial charge in [-0.15, -0.1) is 0 Å². The first-order valence-electron chi connectivity index (χ1n) is 13.6. The van der Waals surface area contributed by atoms with Crippen LogP contribution in [0, 0.1) is 11.2 Å². The number of rotatable bonds is 8. The number of carbonyl (C=O) groups excluding carboxylic acids is 1. The summed E-state index contributed by atoms with van der Waals surface area (Å²) in [5.74, 6) is 0.491. The third-order valence-corrected chi connectivity index (χ3v) is 7.97. The van der Waals surface area contributed by atoms with Crippen LogP contribution in [-0.2, 0) is 22.6 Å². The van der Waals surface area contributed by atoms with Gasteiger partial charge in [0, 0.05) is 24.8 Å². The van der Waals surface area contributed by atoms with Crippen LogP contribution in [0.5, 0.6) is 5.75 Å². The number of ether oxygens (including phenoxy) is 2. The molecule has 2 aliphatic heterocycles. The van der Waals surface area contributed by atoms with Crippen LogP contribution in [0.4, 0.5) is 4.39 Å².